The van der Waals surface area contributed by atoms with E-state index in [1.165, 1.54) is 0 Å². The van der Waals surface area contributed by atoms with Crippen LogP contribution in [0.1, 0.15) is 0 Å². The topological polar surface area (TPSA) is 70.9 Å². The third-order valence-electron chi connectivity index (χ3n) is 1.95. The highest BCUT2D eigenvalue weighted by Gasteiger charge is 2.09. The Balaban J connectivity index is 2.42. The average molecular weight is 201 g/mol. The predicted molar refractivity (Wildman–Crippen MR) is 58.5 cm³/mol. The van der Waals surface area contributed by atoms with Crippen molar-refractivity contribution in [1.29, 1.82) is 5.41 Å². The lowest BCUT2D eigenvalue weighted by Gasteiger charge is -2.22. The third-order valence-corrected chi connectivity index (χ3v) is 1.95. The molecule has 5 nitrogen and oxygen atoms in total. The summed E-state index contributed by atoms with van der Waals surface area (Å²) in [6, 6.07) is 9.45. The van der Waals surface area contributed by atoms with Crippen molar-refractivity contribution in [2.75, 3.05) is 5.01 Å². The van der Waals surface area contributed by atoms with Crippen LogP contribution >= 0.6 is 0 Å². The number of nitrogens with zero attached hydrogens (tertiary/aromatic N) is 3. The first-order valence-corrected chi connectivity index (χ1v) is 4.46. The van der Waals surface area contributed by atoms with Crippen molar-refractivity contribution in [2.24, 2.45) is 5.73 Å². The van der Waals surface area contributed by atoms with Crippen LogP contribution in [0.2, 0.25) is 0 Å². The van der Waals surface area contributed by atoms with Crippen molar-refractivity contribution in [1.82, 2.24) is 9.66 Å². The van der Waals surface area contributed by atoms with E-state index in [0.717, 1.165) is 5.69 Å². The number of imidazole rings is 1. The molecule has 1 aromatic carbocycles. The van der Waals surface area contributed by atoms with Gasteiger partial charge in [0.1, 0.15) is 6.33 Å². The molecule has 0 aliphatic rings. The van der Waals surface area contributed by atoms with Crippen molar-refractivity contribution in [2.45, 2.75) is 0 Å². The number of nitrogens with one attached hydrogen (secondary N) is 1. The van der Waals surface area contributed by atoms with Gasteiger partial charge in [-0.3, -0.25) is 5.41 Å². The second-order valence-corrected chi connectivity index (χ2v) is 2.98. The Morgan fingerprint density at radius 1 is 1.33 bits per heavy atom. The SMILES string of the molecule is N=C(N)N(c1ccccc1)n1ccnc1. The van der Waals surface area contributed by atoms with E-state index in [-0.39, 0.29) is 5.96 Å². The molecular weight excluding hydrogens is 190 g/mol. The van der Waals surface area contributed by atoms with Crippen LogP contribution < -0.4 is 10.7 Å². The summed E-state index contributed by atoms with van der Waals surface area (Å²) in [6.45, 7) is 0. The van der Waals surface area contributed by atoms with Crippen molar-refractivity contribution in [3.8, 4) is 0 Å². The van der Waals surface area contributed by atoms with E-state index in [4.69, 9.17) is 11.1 Å². The first-order valence-electron chi connectivity index (χ1n) is 4.46. The lowest BCUT2D eigenvalue weighted by Crippen LogP contribution is -2.39. The van der Waals surface area contributed by atoms with Gasteiger partial charge in [-0.25, -0.2) is 14.7 Å². The van der Waals surface area contributed by atoms with Gasteiger partial charge in [0.05, 0.1) is 5.69 Å². The number of benzene rings is 1. The predicted octanol–water partition coefficient (Wildman–Crippen LogP) is 1.05. The molecule has 0 spiro atoms. The molecule has 1 heterocycles. The Bertz CT molecular complexity index is 434. The standard InChI is InChI=1S/C10H11N5/c11-10(12)15(14-7-6-13-8-14)9-4-2-1-3-5-9/h1-8H,(H3,11,12). The number of rotatable bonds is 2. The lowest BCUT2D eigenvalue weighted by atomic mass is 10.3. The van der Waals surface area contributed by atoms with Gasteiger partial charge in [-0.05, 0) is 12.1 Å². The molecule has 5 heteroatoms. The fourth-order valence-electron chi connectivity index (χ4n) is 1.34. The van der Waals surface area contributed by atoms with Gasteiger partial charge in [0, 0.05) is 12.4 Å². The number of para-hydroxylation sites is 1. The van der Waals surface area contributed by atoms with Crippen molar-refractivity contribution < 1.29 is 0 Å². The maximum absolute atomic E-state index is 7.52. The van der Waals surface area contributed by atoms with Crippen molar-refractivity contribution in [3.63, 3.8) is 0 Å². The van der Waals surface area contributed by atoms with Crippen LogP contribution in [-0.2, 0) is 0 Å². The molecule has 0 atom stereocenters. The van der Waals surface area contributed by atoms with Gasteiger partial charge < -0.3 is 5.73 Å². The molecule has 0 bridgehead atoms. The monoisotopic (exact) mass is 201 g/mol. The van der Waals surface area contributed by atoms with Crippen molar-refractivity contribution >= 4 is 11.6 Å². The fraction of sp³-hybridized carbons (Fsp3) is 0. The maximum Gasteiger partial charge on any atom is 0.212 e. The molecule has 0 saturated carbocycles. The summed E-state index contributed by atoms with van der Waals surface area (Å²) in [5, 5.41) is 9.07. The van der Waals surface area contributed by atoms with Crippen LogP contribution in [-0.4, -0.2) is 15.6 Å². The van der Waals surface area contributed by atoms with E-state index in [0.29, 0.717) is 0 Å². The zero-order valence-corrected chi connectivity index (χ0v) is 8.04. The first-order chi connectivity index (χ1) is 7.29. The zero-order chi connectivity index (χ0) is 10.7. The largest absolute Gasteiger partial charge is 0.368 e. The second-order valence-electron chi connectivity index (χ2n) is 2.98. The minimum atomic E-state index is -0.0563. The van der Waals surface area contributed by atoms with Crippen LogP contribution in [0.5, 0.6) is 0 Å². The van der Waals surface area contributed by atoms with Gasteiger partial charge in [0.25, 0.3) is 0 Å². The summed E-state index contributed by atoms with van der Waals surface area (Å²) in [6.07, 6.45) is 4.96. The average Bonchev–Trinajstić information content (AvgIpc) is 2.72. The zero-order valence-electron chi connectivity index (χ0n) is 8.04. The van der Waals surface area contributed by atoms with Gasteiger partial charge in [-0.1, -0.05) is 18.2 Å². The molecule has 0 aliphatic carbocycles. The van der Waals surface area contributed by atoms with Crippen LogP contribution in [0.15, 0.2) is 49.1 Å². The first kappa shape index (κ1) is 9.26. The van der Waals surface area contributed by atoms with E-state index in [1.54, 1.807) is 28.4 Å². The molecule has 0 radical (unpaired) electrons. The van der Waals surface area contributed by atoms with Gasteiger partial charge in [0.2, 0.25) is 5.96 Å². The summed E-state index contributed by atoms with van der Waals surface area (Å²) in [5.41, 5.74) is 6.34. The highest BCUT2D eigenvalue weighted by atomic mass is 15.6. The van der Waals surface area contributed by atoms with Crippen LogP contribution in [0.25, 0.3) is 0 Å². The number of hydrogen-bond acceptors (Lipinski definition) is 2. The molecule has 0 saturated heterocycles. The number of anilines is 1. The minimum Gasteiger partial charge on any atom is -0.368 e. The summed E-state index contributed by atoms with van der Waals surface area (Å²) in [5.74, 6) is -0.0563. The summed E-state index contributed by atoms with van der Waals surface area (Å²) in [4.78, 5) is 3.92. The minimum absolute atomic E-state index is 0.0563. The number of guanidine groups is 1. The number of hydrogen-bond donors (Lipinski definition) is 2. The Labute approximate surface area is 87.2 Å². The number of nitrogens with two attached hydrogens (primary N) is 1. The van der Waals surface area contributed by atoms with E-state index in [9.17, 15) is 0 Å². The molecule has 1 aromatic heterocycles. The molecule has 0 fully saturated rings. The van der Waals surface area contributed by atoms with Crippen LogP contribution in [0, 0.1) is 5.41 Å². The molecule has 15 heavy (non-hydrogen) atoms. The van der Waals surface area contributed by atoms with E-state index in [1.807, 2.05) is 30.3 Å². The number of aromatic nitrogens is 2. The quantitative estimate of drug-likeness (QED) is 0.563. The lowest BCUT2D eigenvalue weighted by molar-refractivity contribution is 0.826. The van der Waals surface area contributed by atoms with E-state index >= 15 is 0 Å². The van der Waals surface area contributed by atoms with E-state index in [2.05, 4.69) is 4.98 Å². The van der Waals surface area contributed by atoms with Gasteiger partial charge >= 0.3 is 0 Å². The Kier molecular flexibility index (Phi) is 2.37. The molecule has 0 amide bonds. The summed E-state index contributed by atoms with van der Waals surface area (Å²) in [7, 11) is 0. The van der Waals surface area contributed by atoms with Gasteiger partial charge in [-0.15, -0.1) is 0 Å². The molecule has 2 aromatic rings. The molecular formula is C10H11N5. The Hall–Kier alpha value is -2.30. The highest BCUT2D eigenvalue weighted by molar-refractivity contribution is 5.91. The Morgan fingerprint density at radius 3 is 2.60 bits per heavy atom. The smallest absolute Gasteiger partial charge is 0.212 e. The van der Waals surface area contributed by atoms with Gasteiger partial charge in [0.15, 0.2) is 0 Å². The highest BCUT2D eigenvalue weighted by Crippen LogP contribution is 2.13. The van der Waals surface area contributed by atoms with Gasteiger partial charge in [-0.2, -0.15) is 0 Å². The Morgan fingerprint density at radius 2 is 2.07 bits per heavy atom. The summed E-state index contributed by atoms with van der Waals surface area (Å²) >= 11 is 0. The molecule has 0 unspecified atom stereocenters. The summed E-state index contributed by atoms with van der Waals surface area (Å²) < 4.78 is 1.65. The van der Waals surface area contributed by atoms with Crippen molar-refractivity contribution in [3.05, 3.63) is 49.1 Å². The molecule has 0 aliphatic heterocycles. The van der Waals surface area contributed by atoms with Crippen LogP contribution in [0.3, 0.4) is 0 Å². The molecule has 76 valence electrons. The molecule has 2 rings (SSSR count). The third kappa shape index (κ3) is 1.80. The normalized spacial score (nSPS) is 9.87. The van der Waals surface area contributed by atoms with Crippen LogP contribution in [0.4, 0.5) is 5.69 Å². The fourth-order valence-corrected chi connectivity index (χ4v) is 1.34. The molecule has 3 N–H and O–H groups in total. The second kappa shape index (κ2) is 3.83. The maximum atomic E-state index is 7.52. The van der Waals surface area contributed by atoms with E-state index < -0.39 is 0 Å².